The fourth-order valence-corrected chi connectivity index (χ4v) is 4.09. The number of hydrogen-bond donors (Lipinski definition) is 1. The molecule has 0 radical (unpaired) electrons. The molecule has 0 aliphatic heterocycles. The molecule has 172 valence electrons. The Morgan fingerprint density at radius 3 is 1.97 bits per heavy atom. The lowest BCUT2D eigenvalue weighted by molar-refractivity contribution is 0.857. The summed E-state index contributed by atoms with van der Waals surface area (Å²) in [5, 5.41) is 1.32. The number of para-hydroxylation sites is 2. The van der Waals surface area contributed by atoms with Crippen LogP contribution in [0.1, 0.15) is 11.4 Å². The first-order valence-corrected chi connectivity index (χ1v) is 11.6. The van der Waals surface area contributed by atoms with Gasteiger partial charge < -0.3 is 0 Å². The van der Waals surface area contributed by atoms with Crippen molar-refractivity contribution in [2.24, 2.45) is 0 Å². The van der Waals surface area contributed by atoms with Crippen molar-refractivity contribution in [2.45, 2.75) is 0 Å². The summed E-state index contributed by atoms with van der Waals surface area (Å²) in [5.74, 6) is 1.56. The zero-order valence-corrected chi connectivity index (χ0v) is 19.2. The van der Waals surface area contributed by atoms with Crippen LogP contribution in [0.2, 0.25) is 0 Å². The molecule has 0 aliphatic carbocycles. The molecule has 0 bridgehead atoms. The van der Waals surface area contributed by atoms with E-state index in [1.807, 2.05) is 115 Å². The Morgan fingerprint density at radius 1 is 0.611 bits per heavy atom. The van der Waals surface area contributed by atoms with Gasteiger partial charge in [-0.25, -0.2) is 15.0 Å². The van der Waals surface area contributed by atoms with Crippen LogP contribution in [-0.4, -0.2) is 19.6 Å². The fourth-order valence-electron chi connectivity index (χ4n) is 4.09. The predicted octanol–water partition coefficient (Wildman–Crippen LogP) is 6.05. The number of hydrogen-bond acceptors (Lipinski definition) is 5. The van der Waals surface area contributed by atoms with E-state index >= 15 is 0 Å². The maximum absolute atomic E-state index is 13.6. The van der Waals surface area contributed by atoms with Gasteiger partial charge in [0.25, 0.3) is 5.56 Å². The number of nitrogens with one attached hydrogen (secondary N) is 1. The molecule has 0 amide bonds. The van der Waals surface area contributed by atoms with E-state index < -0.39 is 0 Å². The van der Waals surface area contributed by atoms with Gasteiger partial charge in [0.1, 0.15) is 0 Å². The van der Waals surface area contributed by atoms with Crippen LogP contribution < -0.4 is 11.0 Å². The fraction of sp³-hybridized carbons (Fsp3) is 0. The summed E-state index contributed by atoms with van der Waals surface area (Å²) >= 11 is 0. The van der Waals surface area contributed by atoms with Crippen molar-refractivity contribution in [1.29, 1.82) is 0 Å². The predicted molar refractivity (Wildman–Crippen MR) is 145 cm³/mol. The number of fused-ring (bicyclic) bond motifs is 2. The zero-order chi connectivity index (χ0) is 24.3. The van der Waals surface area contributed by atoms with Crippen LogP contribution >= 0.6 is 0 Å². The highest BCUT2D eigenvalue weighted by Crippen LogP contribution is 2.25. The third kappa shape index (κ3) is 4.12. The minimum Gasteiger partial charge on any atom is -0.272 e. The van der Waals surface area contributed by atoms with Gasteiger partial charge in [0.05, 0.1) is 16.4 Å². The Hall–Kier alpha value is -5.10. The van der Waals surface area contributed by atoms with Crippen molar-refractivity contribution in [1.82, 2.24) is 19.6 Å². The number of anilines is 1. The van der Waals surface area contributed by atoms with Gasteiger partial charge >= 0.3 is 0 Å². The molecule has 0 spiro atoms. The molecular formula is C30H21N5O. The van der Waals surface area contributed by atoms with E-state index in [0.717, 1.165) is 22.0 Å². The van der Waals surface area contributed by atoms with Crippen molar-refractivity contribution in [2.75, 3.05) is 5.43 Å². The molecule has 6 heteroatoms. The first-order valence-electron chi connectivity index (χ1n) is 11.6. The van der Waals surface area contributed by atoms with E-state index in [1.54, 1.807) is 6.07 Å². The lowest BCUT2D eigenvalue weighted by Crippen LogP contribution is -2.30. The molecule has 6 nitrogen and oxygen atoms in total. The zero-order valence-electron chi connectivity index (χ0n) is 19.2. The summed E-state index contributed by atoms with van der Waals surface area (Å²) in [6.45, 7) is 0. The number of nitrogens with zero attached hydrogens (tertiary/aromatic N) is 4. The van der Waals surface area contributed by atoms with Gasteiger partial charge in [-0.3, -0.25) is 10.2 Å². The maximum atomic E-state index is 13.6. The molecule has 0 saturated heterocycles. The van der Waals surface area contributed by atoms with E-state index in [0.29, 0.717) is 28.4 Å². The topological polar surface area (TPSA) is 72.7 Å². The van der Waals surface area contributed by atoms with Crippen molar-refractivity contribution >= 4 is 39.8 Å². The minimum absolute atomic E-state index is 0.211. The van der Waals surface area contributed by atoms with Gasteiger partial charge in [-0.1, -0.05) is 91.0 Å². The Morgan fingerprint density at radius 2 is 1.22 bits per heavy atom. The second-order valence-electron chi connectivity index (χ2n) is 8.26. The molecule has 1 N–H and O–H groups in total. The molecular weight excluding hydrogens is 446 g/mol. The van der Waals surface area contributed by atoms with Gasteiger partial charge in [-0.15, -0.1) is 0 Å². The van der Waals surface area contributed by atoms with Crippen LogP contribution in [0.15, 0.2) is 114 Å². The van der Waals surface area contributed by atoms with Crippen molar-refractivity contribution in [3.8, 4) is 11.4 Å². The first kappa shape index (κ1) is 21.4. The molecule has 0 saturated carbocycles. The summed E-state index contributed by atoms with van der Waals surface area (Å²) in [6.07, 6.45) is 3.76. The van der Waals surface area contributed by atoms with Crippen molar-refractivity contribution in [3.63, 3.8) is 0 Å². The molecule has 4 aromatic carbocycles. The SMILES string of the molecule is O=c1c2ccccc2nc(/C=C\c2ccccc2)n1Nc1nc(-c2ccccc2)nc2ccccc12. The van der Waals surface area contributed by atoms with Crippen LogP contribution in [0.4, 0.5) is 5.82 Å². The van der Waals surface area contributed by atoms with E-state index in [1.165, 1.54) is 4.68 Å². The van der Waals surface area contributed by atoms with E-state index in [4.69, 9.17) is 15.0 Å². The Labute approximate surface area is 207 Å². The molecule has 0 fully saturated rings. The van der Waals surface area contributed by atoms with Gasteiger partial charge in [-0.2, -0.15) is 4.68 Å². The lowest BCUT2D eigenvalue weighted by atomic mass is 10.2. The molecule has 2 heterocycles. The summed E-state index contributed by atoms with van der Waals surface area (Å²) in [4.78, 5) is 28.0. The van der Waals surface area contributed by atoms with Crippen molar-refractivity contribution in [3.05, 3.63) is 131 Å². The molecule has 36 heavy (non-hydrogen) atoms. The standard InChI is InChI=1S/C30H21N5O/c36-30-24-16-8-10-18-26(24)31-27(20-19-21-11-3-1-4-12-21)35(30)34-29-23-15-7-9-17-25(23)32-28(33-29)22-13-5-2-6-14-22/h1-20H,(H,32,33,34)/b20-19-. The third-order valence-corrected chi connectivity index (χ3v) is 5.88. The molecule has 2 aromatic heterocycles. The van der Waals surface area contributed by atoms with Gasteiger partial charge in [0, 0.05) is 10.9 Å². The smallest absolute Gasteiger partial charge is 0.272 e. The van der Waals surface area contributed by atoms with E-state index in [2.05, 4.69) is 5.43 Å². The van der Waals surface area contributed by atoms with Crippen LogP contribution in [0.3, 0.4) is 0 Å². The quantitative estimate of drug-likeness (QED) is 0.334. The van der Waals surface area contributed by atoms with Gasteiger partial charge in [-0.05, 0) is 35.9 Å². The Kier molecular flexibility index (Phi) is 5.52. The van der Waals surface area contributed by atoms with Crippen LogP contribution in [0, 0.1) is 0 Å². The summed E-state index contributed by atoms with van der Waals surface area (Å²) in [5.41, 5.74) is 6.35. The average molecular weight is 468 g/mol. The molecule has 6 rings (SSSR count). The second kappa shape index (κ2) is 9.27. The monoisotopic (exact) mass is 467 g/mol. The first-order chi connectivity index (χ1) is 17.8. The molecule has 0 aliphatic rings. The molecule has 0 atom stereocenters. The summed E-state index contributed by atoms with van der Waals surface area (Å²) in [7, 11) is 0. The molecule has 6 aromatic rings. The maximum Gasteiger partial charge on any atom is 0.280 e. The van der Waals surface area contributed by atoms with Crippen molar-refractivity contribution < 1.29 is 0 Å². The number of aromatic nitrogens is 4. The largest absolute Gasteiger partial charge is 0.280 e. The highest BCUT2D eigenvalue weighted by molar-refractivity contribution is 5.91. The Balaban J connectivity index is 1.54. The normalized spacial score (nSPS) is 11.3. The van der Waals surface area contributed by atoms with Gasteiger partial charge in [0.15, 0.2) is 17.5 Å². The number of benzene rings is 4. The second-order valence-corrected chi connectivity index (χ2v) is 8.26. The lowest BCUT2D eigenvalue weighted by Gasteiger charge is -2.15. The van der Waals surface area contributed by atoms with Crippen LogP contribution in [0.5, 0.6) is 0 Å². The van der Waals surface area contributed by atoms with E-state index in [-0.39, 0.29) is 5.56 Å². The Bertz CT molecular complexity index is 1780. The van der Waals surface area contributed by atoms with E-state index in [9.17, 15) is 4.79 Å². The van der Waals surface area contributed by atoms with Crippen LogP contribution in [0.25, 0.3) is 45.3 Å². The minimum atomic E-state index is -0.211. The number of rotatable bonds is 5. The highest BCUT2D eigenvalue weighted by atomic mass is 16.1. The highest BCUT2D eigenvalue weighted by Gasteiger charge is 2.14. The average Bonchev–Trinajstić information content (AvgIpc) is 2.94. The van der Waals surface area contributed by atoms with Gasteiger partial charge in [0.2, 0.25) is 0 Å². The summed E-state index contributed by atoms with van der Waals surface area (Å²) < 4.78 is 1.45. The summed E-state index contributed by atoms with van der Waals surface area (Å²) in [6, 6.07) is 34.7. The molecule has 0 unspecified atom stereocenters. The third-order valence-electron chi connectivity index (χ3n) is 5.88. The van der Waals surface area contributed by atoms with Crippen LogP contribution in [-0.2, 0) is 0 Å².